The maximum Gasteiger partial charge on any atom is 0.193 e. The van der Waals surface area contributed by atoms with Crippen molar-refractivity contribution in [2.75, 3.05) is 14.2 Å². The number of aryl methyl sites for hydroxylation is 4. The van der Waals surface area contributed by atoms with Crippen LogP contribution in [-0.2, 0) is 0 Å². The molecule has 0 aliphatic heterocycles. The molecule has 0 saturated carbocycles. The zero-order valence-corrected chi connectivity index (χ0v) is 22.8. The highest BCUT2D eigenvalue weighted by Crippen LogP contribution is 2.18. The summed E-state index contributed by atoms with van der Waals surface area (Å²) in [6.07, 6.45) is 0. The van der Waals surface area contributed by atoms with Gasteiger partial charge in [-0.05, 0) is 94.3 Å². The molecule has 0 aromatic heterocycles. The predicted molar refractivity (Wildman–Crippen MR) is 158 cm³/mol. The van der Waals surface area contributed by atoms with Crippen LogP contribution in [0.1, 0.15) is 62.9 Å². The minimum absolute atomic E-state index is 0. The fourth-order valence-corrected chi connectivity index (χ4v) is 3.55. The molecule has 4 aromatic rings. The maximum absolute atomic E-state index is 12.4. The second-order valence-corrected chi connectivity index (χ2v) is 8.77. The molecule has 0 amide bonds. The highest BCUT2D eigenvalue weighted by atomic mass is 16.5. The number of hydrogen-bond donors (Lipinski definition) is 0. The van der Waals surface area contributed by atoms with Gasteiger partial charge in [-0.1, -0.05) is 61.0 Å². The van der Waals surface area contributed by atoms with Crippen LogP contribution in [0.5, 0.6) is 11.5 Å². The monoisotopic (exact) mass is 512 g/mol. The quantitative estimate of drug-likeness (QED) is 0.252. The number of ketones is 2. The number of hydrogen-bond acceptors (Lipinski definition) is 4. The molecule has 38 heavy (non-hydrogen) atoms. The first-order valence-electron chi connectivity index (χ1n) is 12.1. The second kappa shape index (κ2) is 15.8. The minimum atomic E-state index is 0. The molecule has 4 aromatic carbocycles. The van der Waals surface area contributed by atoms with Crippen molar-refractivity contribution in [3.63, 3.8) is 0 Å². The molecular weight excluding hydrogens is 472 g/mol. The van der Waals surface area contributed by atoms with Crippen molar-refractivity contribution in [3.05, 3.63) is 130 Å². The van der Waals surface area contributed by atoms with E-state index >= 15 is 0 Å². The molecule has 0 radical (unpaired) electrons. The molecule has 0 unspecified atom stereocenters. The van der Waals surface area contributed by atoms with Gasteiger partial charge in [-0.25, -0.2) is 0 Å². The van der Waals surface area contributed by atoms with Gasteiger partial charge in [0.1, 0.15) is 11.5 Å². The lowest BCUT2D eigenvalue weighted by atomic mass is 9.97. The number of methoxy groups -OCH3 is 2. The Balaban J connectivity index is 0.000000309. The maximum atomic E-state index is 12.4. The molecule has 0 N–H and O–H groups in total. The first-order chi connectivity index (χ1) is 17.7. The SMILES string of the molecule is C.CC(=O)c1cc(C)ccc1C.COc1ccc(C(=O)c2cc(C)ccc2C)cc1.COc1ccccc1. The van der Waals surface area contributed by atoms with Crippen LogP contribution in [0.25, 0.3) is 0 Å². The third-order valence-corrected chi connectivity index (χ3v) is 5.74. The van der Waals surface area contributed by atoms with E-state index in [2.05, 4.69) is 0 Å². The van der Waals surface area contributed by atoms with Crippen LogP contribution in [-0.4, -0.2) is 25.8 Å². The van der Waals surface area contributed by atoms with Crippen molar-refractivity contribution in [2.45, 2.75) is 42.0 Å². The summed E-state index contributed by atoms with van der Waals surface area (Å²) >= 11 is 0. The van der Waals surface area contributed by atoms with Gasteiger partial charge in [-0.2, -0.15) is 0 Å². The fourth-order valence-electron chi connectivity index (χ4n) is 3.55. The highest BCUT2D eigenvalue weighted by molar-refractivity contribution is 6.10. The summed E-state index contributed by atoms with van der Waals surface area (Å²) in [4.78, 5) is 23.4. The summed E-state index contributed by atoms with van der Waals surface area (Å²) in [7, 11) is 3.27. The van der Waals surface area contributed by atoms with Gasteiger partial charge in [0.2, 0.25) is 0 Å². The van der Waals surface area contributed by atoms with Crippen molar-refractivity contribution >= 4 is 11.6 Å². The normalized spacial score (nSPS) is 9.45. The molecule has 200 valence electrons. The van der Waals surface area contributed by atoms with Crippen LogP contribution in [0, 0.1) is 27.7 Å². The fraction of sp³-hybridized carbons (Fsp3) is 0.235. The van der Waals surface area contributed by atoms with E-state index in [4.69, 9.17) is 9.47 Å². The Morgan fingerprint density at radius 1 is 0.579 bits per heavy atom. The van der Waals surface area contributed by atoms with E-state index in [1.165, 1.54) is 0 Å². The van der Waals surface area contributed by atoms with Crippen molar-refractivity contribution < 1.29 is 19.1 Å². The van der Waals surface area contributed by atoms with Gasteiger partial charge in [0.15, 0.2) is 11.6 Å². The van der Waals surface area contributed by atoms with E-state index in [-0.39, 0.29) is 19.0 Å². The lowest BCUT2D eigenvalue weighted by molar-refractivity contribution is 0.101. The lowest BCUT2D eigenvalue weighted by Crippen LogP contribution is -2.04. The molecular formula is C34H40O4. The average Bonchev–Trinajstić information content (AvgIpc) is 2.92. The van der Waals surface area contributed by atoms with Crippen molar-refractivity contribution in [2.24, 2.45) is 0 Å². The van der Waals surface area contributed by atoms with Gasteiger partial charge in [0.25, 0.3) is 0 Å². The van der Waals surface area contributed by atoms with Crippen LogP contribution in [0.2, 0.25) is 0 Å². The summed E-state index contributed by atoms with van der Waals surface area (Å²) in [6.45, 7) is 9.49. The molecule has 4 nitrogen and oxygen atoms in total. The topological polar surface area (TPSA) is 52.6 Å². The summed E-state index contributed by atoms with van der Waals surface area (Å²) in [6, 6.07) is 28.7. The molecule has 0 heterocycles. The summed E-state index contributed by atoms with van der Waals surface area (Å²) in [5.74, 6) is 1.87. The summed E-state index contributed by atoms with van der Waals surface area (Å²) in [5.41, 5.74) is 6.58. The molecule has 4 heteroatoms. The molecule has 0 aliphatic rings. The Hall–Kier alpha value is -4.18. The van der Waals surface area contributed by atoms with E-state index in [0.29, 0.717) is 5.56 Å². The molecule has 0 aliphatic carbocycles. The smallest absolute Gasteiger partial charge is 0.193 e. The van der Waals surface area contributed by atoms with E-state index in [1.54, 1.807) is 45.4 Å². The van der Waals surface area contributed by atoms with Crippen molar-refractivity contribution in [1.82, 2.24) is 0 Å². The van der Waals surface area contributed by atoms with Gasteiger partial charge < -0.3 is 9.47 Å². The molecule has 4 rings (SSSR count). The van der Waals surface area contributed by atoms with Gasteiger partial charge in [0, 0.05) is 16.7 Å². The molecule has 0 fully saturated rings. The Morgan fingerprint density at radius 3 is 1.45 bits per heavy atom. The molecule has 0 bridgehead atoms. The zero-order valence-electron chi connectivity index (χ0n) is 22.8. The lowest BCUT2D eigenvalue weighted by Gasteiger charge is -2.07. The molecule has 0 saturated heterocycles. The third-order valence-electron chi connectivity index (χ3n) is 5.74. The first kappa shape index (κ1) is 31.8. The zero-order chi connectivity index (χ0) is 27.4. The van der Waals surface area contributed by atoms with Crippen molar-refractivity contribution in [3.8, 4) is 11.5 Å². The Kier molecular flexibility index (Phi) is 13.3. The summed E-state index contributed by atoms with van der Waals surface area (Å²) in [5, 5.41) is 0. The van der Waals surface area contributed by atoms with Gasteiger partial charge in [0.05, 0.1) is 14.2 Å². The standard InChI is InChI=1S/C16H16O2.C10H12O.C7H8O.CH4/c1-11-4-5-12(2)15(10-11)16(17)13-6-8-14(18-3)9-7-13;1-7-4-5-8(2)10(6-7)9(3)11;1-8-7-5-3-2-4-6-7;/h4-10H,1-3H3;4-6H,1-3H3;2-6H,1H3;1H4. The number of carbonyl (C=O) groups is 2. The van der Waals surface area contributed by atoms with Crippen LogP contribution in [0.15, 0.2) is 91.0 Å². The largest absolute Gasteiger partial charge is 0.497 e. The van der Waals surface area contributed by atoms with E-state index in [1.807, 2.05) is 94.4 Å². The Morgan fingerprint density at radius 2 is 1.03 bits per heavy atom. The van der Waals surface area contributed by atoms with Gasteiger partial charge in [-0.3, -0.25) is 9.59 Å². The van der Waals surface area contributed by atoms with Gasteiger partial charge in [-0.15, -0.1) is 0 Å². The Bertz CT molecular complexity index is 1310. The number of para-hydroxylation sites is 1. The van der Waals surface area contributed by atoms with E-state index < -0.39 is 0 Å². The van der Waals surface area contributed by atoms with E-state index in [0.717, 1.165) is 44.9 Å². The number of benzene rings is 4. The highest BCUT2D eigenvalue weighted by Gasteiger charge is 2.11. The second-order valence-electron chi connectivity index (χ2n) is 8.77. The Labute approximate surface area is 228 Å². The number of Topliss-reactive ketones (excluding diaryl/α,β-unsaturated/α-hetero) is 1. The van der Waals surface area contributed by atoms with Crippen LogP contribution < -0.4 is 9.47 Å². The third kappa shape index (κ3) is 9.70. The molecule has 0 spiro atoms. The number of carbonyl (C=O) groups excluding carboxylic acids is 2. The van der Waals surface area contributed by atoms with Crippen LogP contribution in [0.4, 0.5) is 0 Å². The minimum Gasteiger partial charge on any atom is -0.497 e. The van der Waals surface area contributed by atoms with Crippen molar-refractivity contribution in [1.29, 1.82) is 0 Å². The van der Waals surface area contributed by atoms with Gasteiger partial charge >= 0.3 is 0 Å². The summed E-state index contributed by atoms with van der Waals surface area (Å²) < 4.78 is 10.0. The van der Waals surface area contributed by atoms with Crippen LogP contribution >= 0.6 is 0 Å². The average molecular weight is 513 g/mol. The molecule has 0 atom stereocenters. The predicted octanol–water partition coefficient (Wildman–Crippen LogP) is 8.38. The first-order valence-corrected chi connectivity index (χ1v) is 12.1. The van der Waals surface area contributed by atoms with Crippen LogP contribution in [0.3, 0.4) is 0 Å². The van der Waals surface area contributed by atoms with E-state index in [9.17, 15) is 9.59 Å². The number of ether oxygens (including phenoxy) is 2. The number of rotatable bonds is 5.